The molecule has 1 amide bonds. The quantitative estimate of drug-likeness (QED) is 0.468. The monoisotopic (exact) mass is 188 g/mol. The molecule has 0 aliphatic heterocycles. The molecule has 0 fully saturated rings. The first-order valence-corrected chi connectivity index (χ1v) is 5.06. The molecular formula is C8H16N2OS. The molecule has 3 nitrogen and oxygen atoms in total. The number of rotatable bonds is 6. The summed E-state index contributed by atoms with van der Waals surface area (Å²) in [6, 6.07) is -0.408. The molecule has 0 bridgehead atoms. The van der Waals surface area contributed by atoms with Crippen LogP contribution in [0.4, 0.5) is 0 Å². The molecule has 4 heteroatoms. The fourth-order valence-corrected chi connectivity index (χ4v) is 1.15. The Kier molecular flexibility index (Phi) is 6.90. The SMILES string of the molecule is C=CCSCCNC(=O)C(C)N. The van der Waals surface area contributed by atoms with Gasteiger partial charge in [0.2, 0.25) is 5.91 Å². The Morgan fingerprint density at radius 1 is 1.83 bits per heavy atom. The third-order valence-corrected chi connectivity index (χ3v) is 2.16. The Balaban J connectivity index is 3.19. The van der Waals surface area contributed by atoms with Crippen LogP contribution in [0.15, 0.2) is 12.7 Å². The third kappa shape index (κ3) is 6.24. The minimum absolute atomic E-state index is 0.0887. The first-order chi connectivity index (χ1) is 5.68. The van der Waals surface area contributed by atoms with Gasteiger partial charge in [0, 0.05) is 18.1 Å². The number of nitrogens with one attached hydrogen (secondary N) is 1. The van der Waals surface area contributed by atoms with Crippen molar-refractivity contribution in [3.05, 3.63) is 12.7 Å². The molecule has 1 atom stereocenters. The third-order valence-electron chi connectivity index (χ3n) is 1.19. The van der Waals surface area contributed by atoms with Gasteiger partial charge in [-0.2, -0.15) is 11.8 Å². The van der Waals surface area contributed by atoms with Gasteiger partial charge in [-0.25, -0.2) is 0 Å². The van der Waals surface area contributed by atoms with Gasteiger partial charge in [0.15, 0.2) is 0 Å². The zero-order chi connectivity index (χ0) is 9.40. The van der Waals surface area contributed by atoms with Crippen LogP contribution in [0.3, 0.4) is 0 Å². The van der Waals surface area contributed by atoms with Crippen molar-refractivity contribution >= 4 is 17.7 Å². The average Bonchev–Trinajstić information content (AvgIpc) is 2.03. The summed E-state index contributed by atoms with van der Waals surface area (Å²) in [5.41, 5.74) is 5.34. The second kappa shape index (κ2) is 7.18. The molecule has 0 aromatic carbocycles. The van der Waals surface area contributed by atoms with Crippen molar-refractivity contribution in [3.8, 4) is 0 Å². The maximum atomic E-state index is 10.9. The lowest BCUT2D eigenvalue weighted by Gasteiger charge is -2.06. The van der Waals surface area contributed by atoms with Crippen LogP contribution in [0.1, 0.15) is 6.92 Å². The number of nitrogens with two attached hydrogens (primary N) is 1. The van der Waals surface area contributed by atoms with Gasteiger partial charge in [0.1, 0.15) is 0 Å². The fraction of sp³-hybridized carbons (Fsp3) is 0.625. The van der Waals surface area contributed by atoms with Gasteiger partial charge >= 0.3 is 0 Å². The predicted octanol–water partition coefficient (Wildman–Crippen LogP) is 0.369. The topological polar surface area (TPSA) is 55.1 Å². The van der Waals surface area contributed by atoms with E-state index in [4.69, 9.17) is 5.73 Å². The number of hydrogen-bond donors (Lipinski definition) is 2. The van der Waals surface area contributed by atoms with Crippen LogP contribution >= 0.6 is 11.8 Å². The van der Waals surface area contributed by atoms with Crippen molar-refractivity contribution in [3.63, 3.8) is 0 Å². The summed E-state index contributed by atoms with van der Waals surface area (Å²) in [5, 5.41) is 2.72. The van der Waals surface area contributed by atoms with E-state index < -0.39 is 6.04 Å². The molecule has 0 heterocycles. The molecule has 0 saturated carbocycles. The summed E-state index contributed by atoms with van der Waals surface area (Å²) in [4.78, 5) is 10.9. The molecule has 70 valence electrons. The van der Waals surface area contributed by atoms with Crippen molar-refractivity contribution in [2.45, 2.75) is 13.0 Å². The molecule has 3 N–H and O–H groups in total. The van der Waals surface area contributed by atoms with Gasteiger partial charge in [0.05, 0.1) is 6.04 Å². The normalized spacial score (nSPS) is 12.2. The van der Waals surface area contributed by atoms with E-state index in [9.17, 15) is 4.79 Å². The van der Waals surface area contributed by atoms with Crippen molar-refractivity contribution in [1.29, 1.82) is 0 Å². The van der Waals surface area contributed by atoms with E-state index in [0.29, 0.717) is 6.54 Å². The Bertz CT molecular complexity index is 148. The van der Waals surface area contributed by atoms with Gasteiger partial charge in [-0.1, -0.05) is 6.08 Å². The highest BCUT2D eigenvalue weighted by Gasteiger charge is 2.04. The van der Waals surface area contributed by atoms with Gasteiger partial charge < -0.3 is 11.1 Å². The molecule has 0 spiro atoms. The molecule has 0 rings (SSSR count). The fourth-order valence-electron chi connectivity index (χ4n) is 0.574. The van der Waals surface area contributed by atoms with E-state index in [1.54, 1.807) is 18.7 Å². The van der Waals surface area contributed by atoms with E-state index in [0.717, 1.165) is 11.5 Å². The van der Waals surface area contributed by atoms with Crippen LogP contribution in [0.25, 0.3) is 0 Å². The van der Waals surface area contributed by atoms with Crippen molar-refractivity contribution < 1.29 is 4.79 Å². The number of carbonyl (C=O) groups excluding carboxylic acids is 1. The first-order valence-electron chi connectivity index (χ1n) is 3.90. The second-order valence-electron chi connectivity index (χ2n) is 2.44. The lowest BCUT2D eigenvalue weighted by molar-refractivity contribution is -0.121. The summed E-state index contributed by atoms with van der Waals surface area (Å²) in [5.74, 6) is 1.74. The molecule has 0 aromatic heterocycles. The summed E-state index contributed by atoms with van der Waals surface area (Å²) in [6.07, 6.45) is 1.85. The molecule has 0 aliphatic rings. The first kappa shape index (κ1) is 11.5. The largest absolute Gasteiger partial charge is 0.354 e. The smallest absolute Gasteiger partial charge is 0.236 e. The van der Waals surface area contributed by atoms with E-state index in [1.165, 1.54) is 0 Å². The summed E-state index contributed by atoms with van der Waals surface area (Å²) in [7, 11) is 0. The van der Waals surface area contributed by atoms with Gasteiger partial charge in [-0.15, -0.1) is 6.58 Å². The molecule has 0 radical (unpaired) electrons. The standard InChI is InChI=1S/C8H16N2OS/c1-3-5-12-6-4-10-8(11)7(2)9/h3,7H,1,4-6,9H2,2H3,(H,10,11). The molecule has 1 unspecified atom stereocenters. The minimum atomic E-state index is -0.408. The van der Waals surface area contributed by atoms with E-state index in [-0.39, 0.29) is 5.91 Å². The molecule has 0 aliphatic carbocycles. The zero-order valence-electron chi connectivity index (χ0n) is 7.38. The second-order valence-corrected chi connectivity index (χ2v) is 3.59. The highest BCUT2D eigenvalue weighted by atomic mass is 32.2. The molecule has 0 saturated heterocycles. The predicted molar refractivity (Wildman–Crippen MR) is 54.2 cm³/mol. The van der Waals surface area contributed by atoms with Crippen LogP contribution in [-0.2, 0) is 4.79 Å². The average molecular weight is 188 g/mol. The Labute approximate surface area is 77.8 Å². The van der Waals surface area contributed by atoms with Crippen molar-refractivity contribution in [2.24, 2.45) is 5.73 Å². The lowest BCUT2D eigenvalue weighted by atomic mass is 10.3. The Hall–Kier alpha value is -0.480. The molecular weight excluding hydrogens is 172 g/mol. The molecule has 12 heavy (non-hydrogen) atoms. The van der Waals surface area contributed by atoms with Crippen LogP contribution in [0.5, 0.6) is 0 Å². The number of amides is 1. The number of carbonyl (C=O) groups is 1. The zero-order valence-corrected chi connectivity index (χ0v) is 8.19. The van der Waals surface area contributed by atoms with Crippen LogP contribution in [0, 0.1) is 0 Å². The number of hydrogen-bond acceptors (Lipinski definition) is 3. The summed E-state index contributed by atoms with van der Waals surface area (Å²) in [6.45, 7) is 5.95. The van der Waals surface area contributed by atoms with Gasteiger partial charge in [-0.05, 0) is 6.92 Å². The molecule has 0 aromatic rings. The highest BCUT2D eigenvalue weighted by molar-refractivity contribution is 7.99. The number of thioether (sulfide) groups is 1. The highest BCUT2D eigenvalue weighted by Crippen LogP contribution is 1.96. The maximum absolute atomic E-state index is 10.9. The van der Waals surface area contributed by atoms with Crippen LogP contribution in [-0.4, -0.2) is 30.0 Å². The van der Waals surface area contributed by atoms with E-state index >= 15 is 0 Å². The summed E-state index contributed by atoms with van der Waals surface area (Å²) < 4.78 is 0. The van der Waals surface area contributed by atoms with Crippen molar-refractivity contribution in [1.82, 2.24) is 5.32 Å². The minimum Gasteiger partial charge on any atom is -0.354 e. The van der Waals surface area contributed by atoms with Crippen molar-refractivity contribution in [2.75, 3.05) is 18.1 Å². The Morgan fingerprint density at radius 3 is 3.00 bits per heavy atom. The van der Waals surface area contributed by atoms with Gasteiger partial charge in [0.25, 0.3) is 0 Å². The van der Waals surface area contributed by atoms with Crippen LogP contribution < -0.4 is 11.1 Å². The van der Waals surface area contributed by atoms with Gasteiger partial charge in [-0.3, -0.25) is 4.79 Å². The summed E-state index contributed by atoms with van der Waals surface area (Å²) >= 11 is 1.73. The lowest BCUT2D eigenvalue weighted by Crippen LogP contribution is -2.39. The van der Waals surface area contributed by atoms with E-state index in [1.807, 2.05) is 6.08 Å². The maximum Gasteiger partial charge on any atom is 0.236 e. The van der Waals surface area contributed by atoms with E-state index in [2.05, 4.69) is 11.9 Å². The Morgan fingerprint density at radius 2 is 2.50 bits per heavy atom. The van der Waals surface area contributed by atoms with Crippen LogP contribution in [0.2, 0.25) is 0 Å².